The molecule has 0 atom stereocenters. The molecular weight excluding hydrogens is 362 g/mol. The van der Waals surface area contributed by atoms with Crippen LogP contribution in [0.3, 0.4) is 0 Å². The summed E-state index contributed by atoms with van der Waals surface area (Å²) in [6.45, 7) is 1.16. The highest BCUT2D eigenvalue weighted by Gasteiger charge is 2.24. The fraction of sp³-hybridized carbons (Fsp3) is 0.600. The molecule has 1 saturated carbocycles. The summed E-state index contributed by atoms with van der Waals surface area (Å²) < 4.78 is 5.08. The second kappa shape index (κ2) is 9.52. The molecule has 8 heteroatoms. The molecule has 1 N–H and O–H groups in total. The van der Waals surface area contributed by atoms with E-state index >= 15 is 0 Å². The van der Waals surface area contributed by atoms with Crippen molar-refractivity contribution in [3.8, 4) is 0 Å². The highest BCUT2D eigenvalue weighted by atomic mass is 16.6. The fourth-order valence-electron chi connectivity index (χ4n) is 3.93. The van der Waals surface area contributed by atoms with E-state index in [9.17, 15) is 19.7 Å². The van der Waals surface area contributed by atoms with Crippen molar-refractivity contribution in [2.45, 2.75) is 57.4 Å². The number of anilines is 1. The number of rotatable bonds is 6. The number of hydrogen-bond donors (Lipinski definition) is 1. The highest BCUT2D eigenvalue weighted by Crippen LogP contribution is 2.31. The van der Waals surface area contributed by atoms with E-state index in [0.29, 0.717) is 5.69 Å². The summed E-state index contributed by atoms with van der Waals surface area (Å²) in [6, 6.07) is 4.48. The van der Waals surface area contributed by atoms with Crippen LogP contribution in [0.4, 0.5) is 11.4 Å². The van der Waals surface area contributed by atoms with Gasteiger partial charge in [0.1, 0.15) is 5.69 Å². The highest BCUT2D eigenvalue weighted by molar-refractivity contribution is 5.93. The lowest BCUT2D eigenvalue weighted by molar-refractivity contribution is -0.384. The molecule has 1 heterocycles. The van der Waals surface area contributed by atoms with Gasteiger partial charge in [0.15, 0.2) is 6.61 Å². The molecule has 0 unspecified atom stereocenters. The van der Waals surface area contributed by atoms with Gasteiger partial charge in [-0.05, 0) is 37.8 Å². The zero-order chi connectivity index (χ0) is 19.9. The number of nitro groups is 1. The zero-order valence-corrected chi connectivity index (χ0v) is 16.0. The lowest BCUT2D eigenvalue weighted by Crippen LogP contribution is -2.37. The van der Waals surface area contributed by atoms with Crippen LogP contribution in [-0.2, 0) is 9.53 Å². The first-order chi connectivity index (χ1) is 13.5. The van der Waals surface area contributed by atoms with Gasteiger partial charge >= 0.3 is 5.97 Å². The number of hydrogen-bond acceptors (Lipinski definition) is 6. The summed E-state index contributed by atoms with van der Waals surface area (Å²) in [5.41, 5.74) is 0.487. The van der Waals surface area contributed by atoms with Gasteiger partial charge in [-0.2, -0.15) is 0 Å². The second-order valence-electron chi connectivity index (χ2n) is 7.49. The Kier molecular flexibility index (Phi) is 6.84. The SMILES string of the molecule is O=C(COC(=O)c1ccc(N2CCCC2)c([N+](=O)[O-])c1)NC1CCCCCC1. The van der Waals surface area contributed by atoms with Gasteiger partial charge in [0.2, 0.25) is 0 Å². The van der Waals surface area contributed by atoms with E-state index in [0.717, 1.165) is 51.6 Å². The molecule has 1 aromatic rings. The maximum atomic E-state index is 12.3. The number of nitrogens with one attached hydrogen (secondary N) is 1. The Labute approximate surface area is 164 Å². The van der Waals surface area contributed by atoms with Crippen LogP contribution in [0, 0.1) is 10.1 Å². The van der Waals surface area contributed by atoms with Crippen molar-refractivity contribution in [3.63, 3.8) is 0 Å². The molecule has 0 radical (unpaired) electrons. The number of amides is 1. The van der Waals surface area contributed by atoms with Crippen LogP contribution < -0.4 is 10.2 Å². The van der Waals surface area contributed by atoms with Gasteiger partial charge < -0.3 is 15.0 Å². The summed E-state index contributed by atoms with van der Waals surface area (Å²) in [5, 5.41) is 14.3. The number of carbonyl (C=O) groups excluding carboxylic acids is 2. The molecule has 2 aliphatic rings. The first-order valence-electron chi connectivity index (χ1n) is 10.0. The molecule has 0 spiro atoms. The van der Waals surface area contributed by atoms with E-state index in [1.807, 2.05) is 4.90 Å². The normalized spacial score (nSPS) is 17.8. The van der Waals surface area contributed by atoms with Crippen molar-refractivity contribution in [3.05, 3.63) is 33.9 Å². The molecule has 28 heavy (non-hydrogen) atoms. The average molecular weight is 389 g/mol. The monoisotopic (exact) mass is 389 g/mol. The standard InChI is InChI=1S/C20H27N3O5/c24-19(21-16-7-3-1-2-4-8-16)14-28-20(25)15-9-10-17(18(13-15)23(26)27)22-11-5-6-12-22/h9-10,13,16H,1-8,11-12,14H2,(H,21,24). The predicted molar refractivity (Wildman–Crippen MR) is 104 cm³/mol. The quantitative estimate of drug-likeness (QED) is 0.347. The number of benzene rings is 1. The van der Waals surface area contributed by atoms with Gasteiger partial charge in [-0.25, -0.2) is 4.79 Å². The van der Waals surface area contributed by atoms with Gasteiger partial charge in [0, 0.05) is 25.2 Å². The molecule has 2 fully saturated rings. The number of carbonyl (C=O) groups is 2. The average Bonchev–Trinajstić information content (AvgIpc) is 3.11. The minimum atomic E-state index is -0.730. The van der Waals surface area contributed by atoms with Crippen LogP contribution in [-0.4, -0.2) is 42.5 Å². The second-order valence-corrected chi connectivity index (χ2v) is 7.49. The molecule has 3 rings (SSSR count). The lowest BCUT2D eigenvalue weighted by Gasteiger charge is -2.18. The molecular formula is C20H27N3O5. The molecule has 8 nitrogen and oxygen atoms in total. The Balaban J connectivity index is 1.58. The number of esters is 1. The lowest BCUT2D eigenvalue weighted by atomic mass is 10.1. The minimum absolute atomic E-state index is 0.0805. The maximum absolute atomic E-state index is 12.3. The van der Waals surface area contributed by atoms with Crippen molar-refractivity contribution in [2.75, 3.05) is 24.6 Å². The molecule has 1 saturated heterocycles. The minimum Gasteiger partial charge on any atom is -0.452 e. The van der Waals surface area contributed by atoms with Gasteiger partial charge in [0.05, 0.1) is 10.5 Å². The number of ether oxygens (including phenoxy) is 1. The predicted octanol–water partition coefficient (Wildman–Crippen LogP) is 3.19. The molecule has 1 amide bonds. The van der Waals surface area contributed by atoms with Crippen LogP contribution in [0.15, 0.2) is 18.2 Å². The largest absolute Gasteiger partial charge is 0.452 e. The Hall–Kier alpha value is -2.64. The van der Waals surface area contributed by atoms with E-state index in [1.54, 1.807) is 6.07 Å². The topological polar surface area (TPSA) is 102 Å². The maximum Gasteiger partial charge on any atom is 0.338 e. The summed E-state index contributed by atoms with van der Waals surface area (Å²) in [6.07, 6.45) is 8.46. The Morgan fingerprint density at radius 3 is 2.43 bits per heavy atom. The van der Waals surface area contributed by atoms with Crippen molar-refractivity contribution in [1.82, 2.24) is 5.32 Å². The smallest absolute Gasteiger partial charge is 0.338 e. The van der Waals surface area contributed by atoms with Gasteiger partial charge in [-0.3, -0.25) is 14.9 Å². The van der Waals surface area contributed by atoms with E-state index in [1.165, 1.54) is 25.0 Å². The zero-order valence-electron chi connectivity index (χ0n) is 16.0. The third kappa shape index (κ3) is 5.21. The van der Waals surface area contributed by atoms with Crippen LogP contribution >= 0.6 is 0 Å². The third-order valence-corrected chi connectivity index (χ3v) is 5.41. The first-order valence-corrected chi connectivity index (χ1v) is 10.0. The summed E-state index contributed by atoms with van der Waals surface area (Å²) in [5.74, 6) is -1.06. The fourth-order valence-corrected chi connectivity index (χ4v) is 3.93. The number of nitro benzene ring substituents is 1. The molecule has 0 bridgehead atoms. The Morgan fingerprint density at radius 2 is 1.79 bits per heavy atom. The molecule has 1 aliphatic heterocycles. The van der Waals surface area contributed by atoms with E-state index in [2.05, 4.69) is 5.32 Å². The Morgan fingerprint density at radius 1 is 1.11 bits per heavy atom. The van der Waals surface area contributed by atoms with Crippen LogP contribution in [0.25, 0.3) is 0 Å². The van der Waals surface area contributed by atoms with Crippen LogP contribution in [0.5, 0.6) is 0 Å². The van der Waals surface area contributed by atoms with Gasteiger partial charge in [-0.15, -0.1) is 0 Å². The van der Waals surface area contributed by atoms with Crippen molar-refractivity contribution in [1.29, 1.82) is 0 Å². The summed E-state index contributed by atoms with van der Waals surface area (Å²) in [4.78, 5) is 37.2. The van der Waals surface area contributed by atoms with Crippen LogP contribution in [0.1, 0.15) is 61.7 Å². The van der Waals surface area contributed by atoms with E-state index in [4.69, 9.17) is 4.74 Å². The Bertz CT molecular complexity index is 723. The molecule has 0 aromatic heterocycles. The summed E-state index contributed by atoms with van der Waals surface area (Å²) >= 11 is 0. The molecule has 1 aromatic carbocycles. The first kappa shape index (κ1) is 20.1. The van der Waals surface area contributed by atoms with Crippen LogP contribution in [0.2, 0.25) is 0 Å². The molecule has 1 aliphatic carbocycles. The summed E-state index contributed by atoms with van der Waals surface area (Å²) in [7, 11) is 0. The van der Waals surface area contributed by atoms with Crippen molar-refractivity contribution >= 4 is 23.3 Å². The molecule has 152 valence electrons. The van der Waals surface area contributed by atoms with Gasteiger partial charge in [-0.1, -0.05) is 25.7 Å². The van der Waals surface area contributed by atoms with Crippen molar-refractivity contribution < 1.29 is 19.2 Å². The van der Waals surface area contributed by atoms with Crippen molar-refractivity contribution in [2.24, 2.45) is 0 Å². The van der Waals surface area contributed by atoms with E-state index in [-0.39, 0.29) is 29.8 Å². The number of nitrogens with zero attached hydrogens (tertiary/aromatic N) is 2. The third-order valence-electron chi connectivity index (χ3n) is 5.41. The van der Waals surface area contributed by atoms with E-state index < -0.39 is 10.9 Å². The van der Waals surface area contributed by atoms with Gasteiger partial charge in [0.25, 0.3) is 11.6 Å².